The van der Waals surface area contributed by atoms with Crippen LogP contribution in [0.15, 0.2) is 53.8 Å². The molecular weight excluding hydrogens is 580 g/mol. The molecule has 0 aliphatic carbocycles. The Hall–Kier alpha value is -3.92. The Bertz CT molecular complexity index is 1680. The van der Waals surface area contributed by atoms with Crippen molar-refractivity contribution in [2.45, 2.75) is 30.3 Å². The third-order valence-electron chi connectivity index (χ3n) is 7.17. The zero-order valence-electron chi connectivity index (χ0n) is 22.6. The first-order valence-electron chi connectivity index (χ1n) is 13.6. The fourth-order valence-corrected chi connectivity index (χ4v) is 7.21. The van der Waals surface area contributed by atoms with Crippen molar-refractivity contribution in [1.29, 1.82) is 0 Å². The number of carbonyl (C=O) groups is 1. The fourth-order valence-electron chi connectivity index (χ4n) is 5.21. The van der Waals surface area contributed by atoms with Gasteiger partial charge in [-0.25, -0.2) is 28.2 Å². The number of morpholine rings is 1. The van der Waals surface area contributed by atoms with Crippen molar-refractivity contribution in [2.75, 3.05) is 49.0 Å². The van der Waals surface area contributed by atoms with Crippen molar-refractivity contribution in [3.8, 4) is 10.7 Å². The molecular formula is C27H30N8O5S2. The fraction of sp³-hybridized carbons (Fsp3) is 0.370. The molecule has 15 heteroatoms. The van der Waals surface area contributed by atoms with E-state index in [1.165, 1.54) is 23.9 Å². The number of carboxylic acid groups (broad SMARTS) is 1. The van der Waals surface area contributed by atoms with Crippen molar-refractivity contribution in [2.24, 2.45) is 0 Å². The average Bonchev–Trinajstić information content (AvgIpc) is 3.43. The number of rotatable bonds is 8. The lowest BCUT2D eigenvalue weighted by molar-refractivity contribution is 0.122. The van der Waals surface area contributed by atoms with Gasteiger partial charge in [-0.15, -0.1) is 0 Å². The van der Waals surface area contributed by atoms with Gasteiger partial charge in [0.1, 0.15) is 21.7 Å². The molecule has 0 spiro atoms. The molecule has 0 saturated carbocycles. The molecule has 3 N–H and O–H groups in total. The number of nitrogens with one attached hydrogen (secondary N) is 2. The first-order valence-corrected chi connectivity index (χ1v) is 15.9. The summed E-state index contributed by atoms with van der Waals surface area (Å²) in [6.07, 6.45) is 3.63. The van der Waals surface area contributed by atoms with E-state index in [0.717, 1.165) is 48.7 Å². The summed E-state index contributed by atoms with van der Waals surface area (Å²) in [7, 11) is -3.86. The van der Waals surface area contributed by atoms with Gasteiger partial charge in [0, 0.05) is 32.2 Å². The molecule has 42 heavy (non-hydrogen) atoms. The van der Waals surface area contributed by atoms with E-state index in [0.29, 0.717) is 48.2 Å². The van der Waals surface area contributed by atoms with Gasteiger partial charge < -0.3 is 20.1 Å². The number of hydrogen-bond acceptors (Lipinski definition) is 11. The number of sulfonamides is 1. The predicted octanol–water partition coefficient (Wildman–Crippen LogP) is 3.02. The predicted molar refractivity (Wildman–Crippen MR) is 158 cm³/mol. The number of thiazole rings is 1. The molecule has 1 amide bonds. The average molecular weight is 611 g/mol. The highest BCUT2D eigenvalue weighted by molar-refractivity contribution is 7.92. The SMILES string of the molecule is O=C(O)N[C@@H]1CCCN(Cc2cccc(S(=O)(=O)Nc3ccc(-c4nc5c(N6CCOCC6)ncnc5s4)nc3)c2)C1. The van der Waals surface area contributed by atoms with Crippen LogP contribution < -0.4 is 14.9 Å². The summed E-state index contributed by atoms with van der Waals surface area (Å²) < 4.78 is 34.5. The maximum absolute atomic E-state index is 13.2. The summed E-state index contributed by atoms with van der Waals surface area (Å²) in [6, 6.07) is 10.0. The molecule has 0 unspecified atom stereocenters. The van der Waals surface area contributed by atoms with Gasteiger partial charge in [0.25, 0.3) is 10.0 Å². The normalized spacial score (nSPS) is 18.2. The van der Waals surface area contributed by atoms with Gasteiger partial charge >= 0.3 is 6.09 Å². The van der Waals surface area contributed by atoms with E-state index in [4.69, 9.17) is 14.8 Å². The molecule has 1 atom stereocenters. The Morgan fingerprint density at radius 2 is 1.98 bits per heavy atom. The molecule has 4 aromatic rings. The van der Waals surface area contributed by atoms with Crippen LogP contribution in [0.3, 0.4) is 0 Å². The van der Waals surface area contributed by atoms with E-state index >= 15 is 0 Å². The smallest absolute Gasteiger partial charge is 0.404 e. The maximum Gasteiger partial charge on any atom is 0.404 e. The van der Waals surface area contributed by atoms with Crippen molar-refractivity contribution < 1.29 is 23.1 Å². The van der Waals surface area contributed by atoms with E-state index in [-0.39, 0.29) is 10.9 Å². The van der Waals surface area contributed by atoms with Gasteiger partial charge in [0.05, 0.1) is 35.7 Å². The molecule has 5 heterocycles. The Labute approximate surface area is 246 Å². The second kappa shape index (κ2) is 12.1. The van der Waals surface area contributed by atoms with E-state index in [2.05, 4.69) is 34.8 Å². The molecule has 6 rings (SSSR count). The van der Waals surface area contributed by atoms with Crippen LogP contribution in [-0.4, -0.2) is 89.9 Å². The third kappa shape index (κ3) is 6.43. The molecule has 2 aliphatic rings. The van der Waals surface area contributed by atoms with Gasteiger partial charge in [-0.3, -0.25) is 14.6 Å². The van der Waals surface area contributed by atoms with Crippen LogP contribution in [0.5, 0.6) is 0 Å². The third-order valence-corrected chi connectivity index (χ3v) is 9.53. The minimum Gasteiger partial charge on any atom is -0.465 e. The number of aromatic nitrogens is 4. The summed E-state index contributed by atoms with van der Waals surface area (Å²) in [5, 5.41) is 12.2. The van der Waals surface area contributed by atoms with Crippen LogP contribution in [0.25, 0.3) is 21.0 Å². The van der Waals surface area contributed by atoms with Crippen LogP contribution in [0.2, 0.25) is 0 Å². The first-order chi connectivity index (χ1) is 20.3. The molecule has 13 nitrogen and oxygen atoms in total. The number of ether oxygens (including phenoxy) is 1. The van der Waals surface area contributed by atoms with E-state index in [9.17, 15) is 13.2 Å². The van der Waals surface area contributed by atoms with Crippen LogP contribution in [0.1, 0.15) is 18.4 Å². The van der Waals surface area contributed by atoms with E-state index in [1.54, 1.807) is 30.3 Å². The number of benzene rings is 1. The van der Waals surface area contributed by atoms with Gasteiger partial charge in [0.15, 0.2) is 5.82 Å². The molecule has 2 saturated heterocycles. The molecule has 1 aromatic carbocycles. The first kappa shape index (κ1) is 28.2. The summed E-state index contributed by atoms with van der Waals surface area (Å²) >= 11 is 1.40. The molecule has 2 fully saturated rings. The van der Waals surface area contributed by atoms with Crippen LogP contribution in [0, 0.1) is 0 Å². The van der Waals surface area contributed by atoms with Gasteiger partial charge in [-0.05, 0) is 49.2 Å². The van der Waals surface area contributed by atoms with Gasteiger partial charge in [-0.1, -0.05) is 23.5 Å². The lowest BCUT2D eigenvalue weighted by atomic mass is 10.0. The number of pyridine rings is 1. The maximum atomic E-state index is 13.2. The van der Waals surface area contributed by atoms with Crippen molar-refractivity contribution >= 4 is 49.3 Å². The van der Waals surface area contributed by atoms with Crippen molar-refractivity contribution in [3.05, 3.63) is 54.5 Å². The number of hydrogen-bond donors (Lipinski definition) is 3. The number of fused-ring (bicyclic) bond motifs is 1. The van der Waals surface area contributed by atoms with Crippen LogP contribution in [0.4, 0.5) is 16.3 Å². The number of amides is 1. The molecule has 2 aliphatic heterocycles. The summed E-state index contributed by atoms with van der Waals surface area (Å²) in [4.78, 5) is 34.2. The largest absolute Gasteiger partial charge is 0.465 e. The Kier molecular flexibility index (Phi) is 8.15. The lowest BCUT2D eigenvalue weighted by Crippen LogP contribution is -2.46. The minimum absolute atomic E-state index is 0.136. The second-order valence-corrected chi connectivity index (χ2v) is 12.8. The van der Waals surface area contributed by atoms with Crippen LogP contribution >= 0.6 is 11.3 Å². The Balaban J connectivity index is 1.14. The zero-order valence-corrected chi connectivity index (χ0v) is 24.3. The van der Waals surface area contributed by atoms with E-state index < -0.39 is 16.1 Å². The van der Waals surface area contributed by atoms with Crippen molar-refractivity contribution in [1.82, 2.24) is 30.2 Å². The standard InChI is InChI=1S/C27H30N8O5S2/c36-27(37)31-20-4-2-8-34(16-20)15-18-3-1-5-21(13-18)42(38,39)33-19-6-7-22(28-14-19)25-32-23-24(29-17-30-26(23)41-25)35-9-11-40-12-10-35/h1,3,5-7,13-14,17,20,31,33H,2,4,8-12,15-16H2,(H,36,37)/t20-/m1/s1. The molecule has 220 valence electrons. The molecule has 0 bridgehead atoms. The lowest BCUT2D eigenvalue weighted by Gasteiger charge is -2.32. The Morgan fingerprint density at radius 3 is 2.76 bits per heavy atom. The Morgan fingerprint density at radius 1 is 1.12 bits per heavy atom. The number of nitrogens with zero attached hydrogens (tertiary/aromatic N) is 6. The quantitative estimate of drug-likeness (QED) is 0.269. The van der Waals surface area contributed by atoms with Gasteiger partial charge in [-0.2, -0.15) is 0 Å². The number of likely N-dealkylation sites (tertiary alicyclic amines) is 1. The highest BCUT2D eigenvalue weighted by atomic mass is 32.2. The second-order valence-electron chi connectivity index (χ2n) is 10.2. The van der Waals surface area contributed by atoms with Crippen LogP contribution in [-0.2, 0) is 21.3 Å². The molecule has 0 radical (unpaired) electrons. The summed E-state index contributed by atoms with van der Waals surface area (Å²) in [6.45, 7) is 4.66. The highest BCUT2D eigenvalue weighted by Gasteiger charge is 2.23. The summed E-state index contributed by atoms with van der Waals surface area (Å²) in [5.74, 6) is 0.773. The minimum atomic E-state index is -3.86. The number of anilines is 2. The topological polar surface area (TPSA) is 163 Å². The van der Waals surface area contributed by atoms with Crippen molar-refractivity contribution in [3.63, 3.8) is 0 Å². The molecule has 3 aromatic heterocycles. The van der Waals surface area contributed by atoms with Gasteiger partial charge in [0.2, 0.25) is 0 Å². The number of piperidine rings is 1. The monoisotopic (exact) mass is 610 g/mol. The highest BCUT2D eigenvalue weighted by Crippen LogP contribution is 2.32. The summed E-state index contributed by atoms with van der Waals surface area (Å²) in [5.41, 5.74) is 2.48. The zero-order chi connectivity index (χ0) is 29.1. The van der Waals surface area contributed by atoms with E-state index in [1.807, 2.05) is 6.07 Å².